The van der Waals surface area contributed by atoms with Crippen LogP contribution in [0.2, 0.25) is 0 Å². The van der Waals surface area contributed by atoms with Crippen LogP contribution in [0, 0.1) is 13.8 Å². The molecule has 3 aromatic rings. The summed E-state index contributed by atoms with van der Waals surface area (Å²) in [6.07, 6.45) is 0. The summed E-state index contributed by atoms with van der Waals surface area (Å²) in [5.41, 5.74) is 4.54. The monoisotopic (exact) mass is 472 g/mol. The van der Waals surface area contributed by atoms with E-state index >= 15 is 0 Å². The van der Waals surface area contributed by atoms with Gasteiger partial charge in [0.25, 0.3) is 5.91 Å². The van der Waals surface area contributed by atoms with Crippen molar-refractivity contribution in [3.8, 4) is 0 Å². The third kappa shape index (κ3) is 7.25. The van der Waals surface area contributed by atoms with Gasteiger partial charge in [0.15, 0.2) is 0 Å². The zero-order valence-corrected chi connectivity index (χ0v) is 20.6. The molecule has 7 heteroatoms. The van der Waals surface area contributed by atoms with Crippen molar-refractivity contribution in [2.24, 2.45) is 0 Å². The molecule has 0 heterocycles. The van der Waals surface area contributed by atoms with E-state index in [1.54, 1.807) is 36.2 Å². The standard InChI is InChI=1S/C28H32N4O3/c1-19-11-10-12-20(2)27(19)31-26(34)18-32(4)17-25(33)30-24-16-9-8-15-23(24)28(35)29-21(3)22-13-6-5-7-14-22/h5-16,21H,17-18H2,1-4H3,(H,29,35)(H,30,33)(H,31,34)/t21-/m0/s1. The van der Waals surface area contributed by atoms with Gasteiger partial charge in [-0.1, -0.05) is 60.7 Å². The van der Waals surface area contributed by atoms with Gasteiger partial charge in [0.2, 0.25) is 11.8 Å². The maximum Gasteiger partial charge on any atom is 0.253 e. The summed E-state index contributed by atoms with van der Waals surface area (Å²) in [5.74, 6) is -0.797. The Balaban J connectivity index is 1.57. The molecule has 0 aliphatic carbocycles. The number of carbonyl (C=O) groups excluding carboxylic acids is 3. The number of benzene rings is 3. The summed E-state index contributed by atoms with van der Waals surface area (Å²) >= 11 is 0. The molecule has 0 bridgehead atoms. The van der Waals surface area contributed by atoms with Gasteiger partial charge >= 0.3 is 0 Å². The highest BCUT2D eigenvalue weighted by Gasteiger charge is 2.17. The molecule has 3 aromatic carbocycles. The molecule has 7 nitrogen and oxygen atoms in total. The first-order valence-corrected chi connectivity index (χ1v) is 11.5. The van der Waals surface area contributed by atoms with Crippen molar-refractivity contribution in [3.05, 3.63) is 95.1 Å². The molecule has 3 amide bonds. The predicted molar refractivity (Wildman–Crippen MR) is 139 cm³/mol. The van der Waals surface area contributed by atoms with E-state index < -0.39 is 0 Å². The summed E-state index contributed by atoms with van der Waals surface area (Å²) in [4.78, 5) is 39.7. The van der Waals surface area contributed by atoms with Crippen LogP contribution in [-0.4, -0.2) is 42.8 Å². The van der Waals surface area contributed by atoms with Crippen LogP contribution in [-0.2, 0) is 9.59 Å². The summed E-state index contributed by atoms with van der Waals surface area (Å²) in [7, 11) is 1.70. The van der Waals surface area contributed by atoms with Crippen molar-refractivity contribution in [3.63, 3.8) is 0 Å². The predicted octanol–water partition coefficient (Wildman–Crippen LogP) is 4.30. The maximum atomic E-state index is 12.9. The minimum absolute atomic E-state index is 0.00343. The van der Waals surface area contributed by atoms with Gasteiger partial charge in [-0.2, -0.15) is 0 Å². The number of hydrogen-bond donors (Lipinski definition) is 3. The zero-order valence-electron chi connectivity index (χ0n) is 20.6. The van der Waals surface area contributed by atoms with Gasteiger partial charge < -0.3 is 16.0 Å². The first-order valence-electron chi connectivity index (χ1n) is 11.5. The highest BCUT2D eigenvalue weighted by atomic mass is 16.2. The minimum Gasteiger partial charge on any atom is -0.345 e. The number of rotatable bonds is 9. The van der Waals surface area contributed by atoms with E-state index in [4.69, 9.17) is 0 Å². The van der Waals surface area contributed by atoms with Crippen molar-refractivity contribution in [1.82, 2.24) is 10.2 Å². The fourth-order valence-corrected chi connectivity index (χ4v) is 3.82. The number of para-hydroxylation sites is 2. The topological polar surface area (TPSA) is 90.5 Å². The van der Waals surface area contributed by atoms with Gasteiger partial charge in [0.1, 0.15) is 0 Å². The van der Waals surface area contributed by atoms with Crippen LogP contribution in [0.5, 0.6) is 0 Å². The van der Waals surface area contributed by atoms with Crippen LogP contribution in [0.3, 0.4) is 0 Å². The lowest BCUT2D eigenvalue weighted by atomic mass is 10.1. The molecule has 182 valence electrons. The van der Waals surface area contributed by atoms with Crippen molar-refractivity contribution in [2.75, 3.05) is 30.8 Å². The number of nitrogens with one attached hydrogen (secondary N) is 3. The van der Waals surface area contributed by atoms with Crippen LogP contribution >= 0.6 is 0 Å². The van der Waals surface area contributed by atoms with Crippen LogP contribution in [0.4, 0.5) is 11.4 Å². The molecule has 3 rings (SSSR count). The lowest BCUT2D eigenvalue weighted by Gasteiger charge is -2.19. The number of anilines is 2. The third-order valence-corrected chi connectivity index (χ3v) is 5.67. The second-order valence-electron chi connectivity index (χ2n) is 8.69. The lowest BCUT2D eigenvalue weighted by Crippen LogP contribution is -2.36. The van der Waals surface area contributed by atoms with Crippen molar-refractivity contribution >= 4 is 29.1 Å². The normalized spacial score (nSPS) is 11.6. The second kappa shape index (κ2) is 11.9. The molecule has 0 aliphatic heterocycles. The average Bonchev–Trinajstić information content (AvgIpc) is 2.82. The van der Waals surface area contributed by atoms with E-state index in [1.807, 2.05) is 69.3 Å². The average molecular weight is 473 g/mol. The van der Waals surface area contributed by atoms with Gasteiger partial charge in [-0.3, -0.25) is 19.3 Å². The molecule has 0 saturated heterocycles. The molecular formula is C28H32N4O3. The van der Waals surface area contributed by atoms with Crippen molar-refractivity contribution < 1.29 is 14.4 Å². The van der Waals surface area contributed by atoms with Crippen LogP contribution < -0.4 is 16.0 Å². The third-order valence-electron chi connectivity index (χ3n) is 5.67. The molecule has 0 aliphatic rings. The first-order chi connectivity index (χ1) is 16.7. The Hall–Kier alpha value is -3.97. The molecular weight excluding hydrogens is 440 g/mol. The number of likely N-dealkylation sites (N-methyl/N-ethyl adjacent to an activating group) is 1. The van der Waals surface area contributed by atoms with Gasteiger partial charge in [0.05, 0.1) is 30.4 Å². The minimum atomic E-state index is -0.316. The highest BCUT2D eigenvalue weighted by Crippen LogP contribution is 2.20. The largest absolute Gasteiger partial charge is 0.345 e. The summed E-state index contributed by atoms with van der Waals surface area (Å²) in [6, 6.07) is 22.2. The summed E-state index contributed by atoms with van der Waals surface area (Å²) < 4.78 is 0. The van der Waals surface area contributed by atoms with Crippen LogP contribution in [0.1, 0.15) is 40.0 Å². The Morgan fingerprint density at radius 1 is 0.771 bits per heavy atom. The van der Waals surface area contributed by atoms with Gasteiger partial charge in [-0.05, 0) is 56.6 Å². The smallest absolute Gasteiger partial charge is 0.253 e. The number of amides is 3. The van der Waals surface area contributed by atoms with E-state index in [-0.39, 0.29) is 36.9 Å². The first kappa shape index (κ1) is 25.6. The fourth-order valence-electron chi connectivity index (χ4n) is 3.82. The van der Waals surface area contributed by atoms with Crippen LogP contribution in [0.15, 0.2) is 72.8 Å². The fraction of sp³-hybridized carbons (Fsp3) is 0.250. The Morgan fingerprint density at radius 3 is 2.00 bits per heavy atom. The van der Waals surface area contributed by atoms with E-state index in [0.717, 1.165) is 22.4 Å². The molecule has 0 spiro atoms. The summed E-state index contributed by atoms with van der Waals surface area (Å²) in [5, 5.41) is 8.70. The zero-order chi connectivity index (χ0) is 25.4. The van der Waals surface area contributed by atoms with E-state index in [1.165, 1.54) is 0 Å². The quantitative estimate of drug-likeness (QED) is 0.433. The molecule has 0 saturated carbocycles. The Labute approximate surface area is 206 Å². The maximum absolute atomic E-state index is 12.9. The molecule has 0 unspecified atom stereocenters. The molecule has 0 fully saturated rings. The van der Waals surface area contributed by atoms with E-state index in [2.05, 4.69) is 16.0 Å². The van der Waals surface area contributed by atoms with E-state index in [0.29, 0.717) is 11.3 Å². The number of nitrogens with zero attached hydrogens (tertiary/aromatic N) is 1. The van der Waals surface area contributed by atoms with Gasteiger partial charge in [-0.25, -0.2) is 0 Å². The summed E-state index contributed by atoms with van der Waals surface area (Å²) in [6.45, 7) is 5.84. The second-order valence-corrected chi connectivity index (χ2v) is 8.69. The van der Waals surface area contributed by atoms with Gasteiger partial charge in [-0.15, -0.1) is 0 Å². The molecule has 35 heavy (non-hydrogen) atoms. The van der Waals surface area contributed by atoms with Crippen molar-refractivity contribution in [1.29, 1.82) is 0 Å². The van der Waals surface area contributed by atoms with Crippen LogP contribution in [0.25, 0.3) is 0 Å². The molecule has 0 radical (unpaired) electrons. The Kier molecular flexibility index (Phi) is 8.75. The van der Waals surface area contributed by atoms with Gasteiger partial charge in [0, 0.05) is 5.69 Å². The SMILES string of the molecule is Cc1cccc(C)c1NC(=O)CN(C)CC(=O)Nc1ccccc1C(=O)N[C@@H](C)c1ccccc1. The number of carbonyl (C=O) groups is 3. The lowest BCUT2D eigenvalue weighted by molar-refractivity contribution is -0.119. The number of hydrogen-bond acceptors (Lipinski definition) is 4. The van der Waals surface area contributed by atoms with Crippen molar-refractivity contribution in [2.45, 2.75) is 26.8 Å². The number of aryl methyl sites for hydroxylation is 2. The molecule has 1 atom stereocenters. The van der Waals surface area contributed by atoms with E-state index in [9.17, 15) is 14.4 Å². The molecule has 3 N–H and O–H groups in total. The molecule has 0 aromatic heterocycles. The Morgan fingerprint density at radius 2 is 1.34 bits per heavy atom. The Bertz CT molecular complexity index is 1170. The highest BCUT2D eigenvalue weighted by molar-refractivity contribution is 6.04.